The molecular formula is C15H21NO. The minimum Gasteiger partial charge on any atom is -0.396 e. The Morgan fingerprint density at radius 3 is 2.71 bits per heavy atom. The molecule has 1 aromatic rings. The van der Waals surface area contributed by atoms with Crippen LogP contribution in [0.5, 0.6) is 0 Å². The van der Waals surface area contributed by atoms with Crippen molar-refractivity contribution >= 4 is 5.69 Å². The van der Waals surface area contributed by atoms with Crippen molar-refractivity contribution in [2.45, 2.75) is 32.1 Å². The maximum atomic E-state index is 9.38. The summed E-state index contributed by atoms with van der Waals surface area (Å²) in [5.41, 5.74) is 4.58. The Bertz CT molecular complexity index is 423. The molecule has 0 radical (unpaired) electrons. The molecule has 2 aliphatic carbocycles. The number of anilines is 1. The van der Waals surface area contributed by atoms with Crippen molar-refractivity contribution in [1.82, 2.24) is 0 Å². The van der Waals surface area contributed by atoms with Gasteiger partial charge in [0.25, 0.3) is 0 Å². The molecule has 0 aliphatic heterocycles. The summed E-state index contributed by atoms with van der Waals surface area (Å²) < 4.78 is 0. The van der Waals surface area contributed by atoms with E-state index in [1.807, 2.05) is 0 Å². The molecule has 0 heterocycles. The maximum Gasteiger partial charge on any atom is 0.0504 e. The topological polar surface area (TPSA) is 23.5 Å². The third-order valence-corrected chi connectivity index (χ3v) is 4.39. The third-order valence-electron chi connectivity index (χ3n) is 4.39. The summed E-state index contributed by atoms with van der Waals surface area (Å²) in [6.07, 6.45) is 6.16. The number of benzene rings is 1. The molecule has 92 valence electrons. The van der Waals surface area contributed by atoms with E-state index >= 15 is 0 Å². The van der Waals surface area contributed by atoms with Crippen LogP contribution >= 0.6 is 0 Å². The van der Waals surface area contributed by atoms with E-state index in [2.05, 4.69) is 30.1 Å². The molecule has 0 saturated heterocycles. The van der Waals surface area contributed by atoms with Gasteiger partial charge in [-0.3, -0.25) is 0 Å². The average molecular weight is 231 g/mol. The number of fused-ring (bicyclic) bond motifs is 1. The fraction of sp³-hybridized carbons (Fsp3) is 0.600. The smallest absolute Gasteiger partial charge is 0.0504 e. The molecule has 1 fully saturated rings. The molecule has 17 heavy (non-hydrogen) atoms. The SMILES string of the molecule is CN(CC1(CO)CC1)c1ccc2c(c1)CCC2. The third kappa shape index (κ3) is 2.06. The van der Waals surface area contributed by atoms with Crippen LogP contribution in [0.25, 0.3) is 0 Å². The van der Waals surface area contributed by atoms with E-state index in [0.29, 0.717) is 6.61 Å². The van der Waals surface area contributed by atoms with Gasteiger partial charge < -0.3 is 10.0 Å². The molecule has 0 amide bonds. The van der Waals surface area contributed by atoms with E-state index in [-0.39, 0.29) is 5.41 Å². The molecule has 0 aromatic heterocycles. The lowest BCUT2D eigenvalue weighted by Crippen LogP contribution is -2.28. The molecule has 1 saturated carbocycles. The summed E-state index contributed by atoms with van der Waals surface area (Å²) in [5.74, 6) is 0. The number of aliphatic hydroxyl groups excluding tert-OH is 1. The van der Waals surface area contributed by atoms with Crippen molar-refractivity contribution in [1.29, 1.82) is 0 Å². The number of hydrogen-bond acceptors (Lipinski definition) is 2. The largest absolute Gasteiger partial charge is 0.396 e. The summed E-state index contributed by atoms with van der Waals surface area (Å²) in [4.78, 5) is 2.31. The second-order valence-electron chi connectivity index (χ2n) is 5.82. The zero-order chi connectivity index (χ0) is 11.9. The van der Waals surface area contributed by atoms with E-state index in [4.69, 9.17) is 0 Å². The minimum absolute atomic E-state index is 0.202. The summed E-state index contributed by atoms with van der Waals surface area (Å²) in [7, 11) is 2.15. The second kappa shape index (κ2) is 4.02. The second-order valence-corrected chi connectivity index (χ2v) is 5.82. The molecule has 0 unspecified atom stereocenters. The summed E-state index contributed by atoms with van der Waals surface area (Å²) in [6.45, 7) is 1.32. The first-order valence-corrected chi connectivity index (χ1v) is 6.66. The van der Waals surface area contributed by atoms with Crippen LogP contribution in [0, 0.1) is 5.41 Å². The lowest BCUT2D eigenvalue weighted by molar-refractivity contribution is 0.215. The molecule has 2 aliphatic rings. The molecule has 0 spiro atoms. The number of aliphatic hydroxyl groups is 1. The van der Waals surface area contributed by atoms with Gasteiger partial charge in [-0.2, -0.15) is 0 Å². The van der Waals surface area contributed by atoms with Gasteiger partial charge in [-0.15, -0.1) is 0 Å². The van der Waals surface area contributed by atoms with Gasteiger partial charge in [-0.1, -0.05) is 6.07 Å². The Kier molecular flexibility index (Phi) is 2.62. The predicted molar refractivity (Wildman–Crippen MR) is 70.5 cm³/mol. The Balaban J connectivity index is 1.75. The number of nitrogens with zero attached hydrogens (tertiary/aromatic N) is 1. The first-order chi connectivity index (χ1) is 8.22. The van der Waals surface area contributed by atoms with Crippen molar-refractivity contribution < 1.29 is 5.11 Å². The van der Waals surface area contributed by atoms with Crippen LogP contribution in [0.15, 0.2) is 18.2 Å². The normalized spacial score (nSPS) is 20.1. The van der Waals surface area contributed by atoms with E-state index in [1.54, 1.807) is 0 Å². The summed E-state index contributed by atoms with van der Waals surface area (Å²) in [5, 5.41) is 9.38. The number of aryl methyl sites for hydroxylation is 2. The predicted octanol–water partition coefficient (Wildman–Crippen LogP) is 2.38. The van der Waals surface area contributed by atoms with Crippen LogP contribution < -0.4 is 4.90 Å². The van der Waals surface area contributed by atoms with Gasteiger partial charge in [-0.25, -0.2) is 0 Å². The molecular weight excluding hydrogens is 210 g/mol. The van der Waals surface area contributed by atoms with Gasteiger partial charge in [0.05, 0.1) is 6.61 Å². The molecule has 0 atom stereocenters. The fourth-order valence-corrected chi connectivity index (χ4v) is 2.93. The molecule has 3 rings (SSSR count). The molecule has 2 heteroatoms. The van der Waals surface area contributed by atoms with Crippen molar-refractivity contribution in [3.8, 4) is 0 Å². The Labute approximate surface area is 103 Å². The van der Waals surface area contributed by atoms with E-state index in [9.17, 15) is 5.11 Å². The van der Waals surface area contributed by atoms with Crippen LogP contribution in [-0.4, -0.2) is 25.3 Å². The van der Waals surface area contributed by atoms with Crippen LogP contribution in [0.3, 0.4) is 0 Å². The van der Waals surface area contributed by atoms with Crippen molar-refractivity contribution in [2.75, 3.05) is 25.1 Å². The Morgan fingerprint density at radius 2 is 2.00 bits per heavy atom. The van der Waals surface area contributed by atoms with Gasteiger partial charge >= 0.3 is 0 Å². The lowest BCUT2D eigenvalue weighted by Gasteiger charge is -2.25. The van der Waals surface area contributed by atoms with Crippen LogP contribution in [0.2, 0.25) is 0 Å². The fourth-order valence-electron chi connectivity index (χ4n) is 2.93. The van der Waals surface area contributed by atoms with Crippen molar-refractivity contribution in [2.24, 2.45) is 5.41 Å². The minimum atomic E-state index is 0.202. The molecule has 0 bridgehead atoms. The van der Waals surface area contributed by atoms with Crippen molar-refractivity contribution in [3.63, 3.8) is 0 Å². The highest BCUT2D eigenvalue weighted by Gasteiger charge is 2.42. The van der Waals surface area contributed by atoms with E-state index in [0.717, 1.165) is 6.54 Å². The molecule has 2 nitrogen and oxygen atoms in total. The quantitative estimate of drug-likeness (QED) is 0.860. The van der Waals surface area contributed by atoms with Crippen LogP contribution in [0.1, 0.15) is 30.4 Å². The Hall–Kier alpha value is -1.02. The van der Waals surface area contributed by atoms with Crippen molar-refractivity contribution in [3.05, 3.63) is 29.3 Å². The van der Waals surface area contributed by atoms with Gasteiger partial charge in [0.15, 0.2) is 0 Å². The maximum absolute atomic E-state index is 9.38. The van der Waals surface area contributed by atoms with E-state index < -0.39 is 0 Å². The first kappa shape index (κ1) is 11.1. The van der Waals surface area contributed by atoms with Crippen LogP contribution in [-0.2, 0) is 12.8 Å². The molecule has 1 N–H and O–H groups in total. The van der Waals surface area contributed by atoms with Gasteiger partial charge in [0.2, 0.25) is 0 Å². The summed E-state index contributed by atoms with van der Waals surface area (Å²) in [6, 6.07) is 6.86. The zero-order valence-corrected chi connectivity index (χ0v) is 10.6. The highest BCUT2D eigenvalue weighted by atomic mass is 16.3. The van der Waals surface area contributed by atoms with Gasteiger partial charge in [0, 0.05) is 24.7 Å². The number of hydrogen-bond donors (Lipinski definition) is 1. The number of rotatable bonds is 4. The highest BCUT2D eigenvalue weighted by Crippen LogP contribution is 2.46. The lowest BCUT2D eigenvalue weighted by atomic mass is 10.1. The Morgan fingerprint density at radius 1 is 1.24 bits per heavy atom. The zero-order valence-electron chi connectivity index (χ0n) is 10.6. The average Bonchev–Trinajstić information content (AvgIpc) is 2.96. The standard InChI is InChI=1S/C15H21NO/c1-16(10-15(11-17)7-8-15)14-6-5-12-3-2-4-13(12)9-14/h5-6,9,17H,2-4,7-8,10-11H2,1H3. The van der Waals surface area contributed by atoms with Crippen LogP contribution in [0.4, 0.5) is 5.69 Å². The van der Waals surface area contributed by atoms with Gasteiger partial charge in [-0.05, 0) is 55.4 Å². The first-order valence-electron chi connectivity index (χ1n) is 6.66. The monoisotopic (exact) mass is 231 g/mol. The van der Waals surface area contributed by atoms with E-state index in [1.165, 1.54) is 48.9 Å². The molecule has 1 aromatic carbocycles. The summed E-state index contributed by atoms with van der Waals surface area (Å²) >= 11 is 0. The highest BCUT2D eigenvalue weighted by molar-refractivity contribution is 5.52. The van der Waals surface area contributed by atoms with Gasteiger partial charge in [0.1, 0.15) is 0 Å².